The summed E-state index contributed by atoms with van der Waals surface area (Å²) in [5.74, 6) is -0.110. The highest BCUT2D eigenvalue weighted by Gasteiger charge is 2.21. The Morgan fingerprint density at radius 2 is 1.09 bits per heavy atom. The highest BCUT2D eigenvalue weighted by molar-refractivity contribution is 5.97. The van der Waals surface area contributed by atoms with Gasteiger partial charge in [0, 0.05) is 24.4 Å². The van der Waals surface area contributed by atoms with E-state index in [1.54, 1.807) is 6.07 Å². The third-order valence-electron chi connectivity index (χ3n) is 10.2. The van der Waals surface area contributed by atoms with Crippen LogP contribution < -0.4 is 0 Å². The van der Waals surface area contributed by atoms with E-state index >= 15 is 0 Å². The van der Waals surface area contributed by atoms with Gasteiger partial charge in [-0.1, -0.05) is 135 Å². The molecule has 0 atom stereocenters. The van der Waals surface area contributed by atoms with E-state index in [2.05, 4.69) is 132 Å². The lowest BCUT2D eigenvalue weighted by Crippen LogP contribution is -2.01. The van der Waals surface area contributed by atoms with E-state index < -0.39 is 5.89 Å². The summed E-state index contributed by atoms with van der Waals surface area (Å²) in [4.78, 5) is 10.3. The molecule has 0 aliphatic carbocycles. The monoisotopic (exact) mass is 710 g/mol. The minimum atomic E-state index is -0.865. The zero-order valence-electron chi connectivity index (χ0n) is 31.7. The standard InChI is InChI=1S/C51H39N3O/c1-34(2)39-27-41(37-19-10-5-11-20-37)32-44(31-39)54-48-23-14-22-45(50(48)53-51(54)46-21-12-13-24-49(46)55)42-28-40(36-17-8-4-9-18-36)29-43(30-42)47-33-38(25-26-52-47)35-15-6-3-7-16-35/h3-34,55H,1-2H3/i34D. The van der Waals surface area contributed by atoms with Crippen molar-refractivity contribution in [3.05, 3.63) is 194 Å². The van der Waals surface area contributed by atoms with Crippen LogP contribution in [0, 0.1) is 0 Å². The van der Waals surface area contributed by atoms with E-state index in [0.29, 0.717) is 11.4 Å². The highest BCUT2D eigenvalue weighted by Crippen LogP contribution is 2.41. The summed E-state index contributed by atoms with van der Waals surface area (Å²) in [5, 5.41) is 11.3. The van der Waals surface area contributed by atoms with Crippen molar-refractivity contribution in [1.29, 1.82) is 0 Å². The number of phenolic OH excluding ortho intramolecular Hbond substituents is 1. The third-order valence-corrected chi connectivity index (χ3v) is 10.2. The Balaban J connectivity index is 1.30. The molecule has 9 rings (SSSR count). The number of pyridine rings is 1. The van der Waals surface area contributed by atoms with E-state index in [1.165, 1.54) is 0 Å². The largest absolute Gasteiger partial charge is 0.507 e. The maximum Gasteiger partial charge on any atom is 0.149 e. The van der Waals surface area contributed by atoms with Gasteiger partial charge in [-0.15, -0.1) is 0 Å². The van der Waals surface area contributed by atoms with Crippen LogP contribution in [0.25, 0.3) is 83.9 Å². The van der Waals surface area contributed by atoms with Crippen LogP contribution >= 0.6 is 0 Å². The Labute approximate surface area is 323 Å². The van der Waals surface area contributed by atoms with Gasteiger partial charge in [0.05, 0.1) is 22.3 Å². The molecule has 0 spiro atoms. The molecule has 55 heavy (non-hydrogen) atoms. The Morgan fingerprint density at radius 1 is 0.509 bits per heavy atom. The number of rotatable bonds is 8. The van der Waals surface area contributed by atoms with Crippen molar-refractivity contribution in [1.82, 2.24) is 14.5 Å². The SMILES string of the molecule is [2H]C(C)(C)c1cc(-c2ccccc2)cc(-n2c(-c3ccccc3O)nc3c(-c4cc(-c5ccccc5)cc(-c5cc(-c6ccccc6)ccn5)c4)cccc32)c1. The number of hydrogen-bond donors (Lipinski definition) is 1. The summed E-state index contributed by atoms with van der Waals surface area (Å²) in [7, 11) is 0. The molecule has 4 nitrogen and oxygen atoms in total. The zero-order valence-corrected chi connectivity index (χ0v) is 30.7. The molecular formula is C51H39N3O. The van der Waals surface area contributed by atoms with E-state index in [-0.39, 0.29) is 5.75 Å². The van der Waals surface area contributed by atoms with Crippen LogP contribution in [0.3, 0.4) is 0 Å². The van der Waals surface area contributed by atoms with Crippen molar-refractivity contribution in [3.63, 3.8) is 0 Å². The molecule has 0 unspecified atom stereocenters. The summed E-state index contributed by atoms with van der Waals surface area (Å²) in [6.07, 6.45) is 1.88. The second kappa shape index (κ2) is 14.4. The molecule has 0 radical (unpaired) electrons. The molecule has 9 aromatic rings. The number of aromatic nitrogens is 3. The number of hydrogen-bond acceptors (Lipinski definition) is 3. The minimum absolute atomic E-state index is 0.142. The van der Waals surface area contributed by atoms with E-state index in [9.17, 15) is 5.11 Å². The lowest BCUT2D eigenvalue weighted by molar-refractivity contribution is 0.477. The molecule has 0 saturated carbocycles. The quantitative estimate of drug-likeness (QED) is 0.171. The normalized spacial score (nSPS) is 11.8. The number of para-hydroxylation sites is 2. The van der Waals surface area contributed by atoms with Crippen molar-refractivity contribution in [2.75, 3.05) is 0 Å². The zero-order chi connectivity index (χ0) is 38.2. The Bertz CT molecular complexity index is 2840. The second-order valence-corrected chi connectivity index (χ2v) is 14.1. The van der Waals surface area contributed by atoms with Crippen molar-refractivity contribution in [3.8, 4) is 78.6 Å². The minimum Gasteiger partial charge on any atom is -0.507 e. The Hall–Kier alpha value is -7.04. The fraction of sp³-hybridized carbons (Fsp3) is 0.0588. The number of phenols is 1. The van der Waals surface area contributed by atoms with E-state index in [1.807, 2.05) is 68.6 Å². The number of fused-ring (bicyclic) bond motifs is 1. The molecule has 7 aromatic carbocycles. The molecule has 0 saturated heterocycles. The Morgan fingerprint density at radius 3 is 1.76 bits per heavy atom. The highest BCUT2D eigenvalue weighted by atomic mass is 16.3. The van der Waals surface area contributed by atoms with Gasteiger partial charge in [-0.05, 0) is 111 Å². The molecule has 264 valence electrons. The number of aromatic hydroxyl groups is 1. The topological polar surface area (TPSA) is 50.9 Å². The van der Waals surface area contributed by atoms with Gasteiger partial charge in [-0.25, -0.2) is 4.98 Å². The first-order chi connectivity index (χ1) is 27.3. The number of benzene rings is 7. The molecule has 0 aliphatic heterocycles. The predicted octanol–water partition coefficient (Wildman–Crippen LogP) is 13.3. The van der Waals surface area contributed by atoms with Crippen molar-refractivity contribution in [2.24, 2.45) is 0 Å². The van der Waals surface area contributed by atoms with Gasteiger partial charge in [-0.2, -0.15) is 0 Å². The first-order valence-electron chi connectivity index (χ1n) is 19.0. The van der Waals surface area contributed by atoms with Crippen LogP contribution in [0.1, 0.15) is 26.7 Å². The number of imidazole rings is 1. The average Bonchev–Trinajstić information content (AvgIpc) is 3.64. The maximum absolute atomic E-state index is 11.3. The predicted molar refractivity (Wildman–Crippen MR) is 227 cm³/mol. The van der Waals surface area contributed by atoms with Crippen LogP contribution in [-0.4, -0.2) is 19.6 Å². The van der Waals surface area contributed by atoms with E-state index in [4.69, 9.17) is 11.3 Å². The maximum atomic E-state index is 11.3. The van der Waals surface area contributed by atoms with Crippen molar-refractivity contribution < 1.29 is 6.48 Å². The summed E-state index contributed by atoms with van der Waals surface area (Å²) in [6, 6.07) is 61.9. The molecular weight excluding hydrogens is 671 g/mol. The Kier molecular flexibility index (Phi) is 8.54. The van der Waals surface area contributed by atoms with Crippen LogP contribution in [0.15, 0.2) is 188 Å². The lowest BCUT2D eigenvalue weighted by Gasteiger charge is -2.16. The van der Waals surface area contributed by atoms with Gasteiger partial charge in [0.1, 0.15) is 11.6 Å². The first-order valence-corrected chi connectivity index (χ1v) is 18.5. The number of nitrogens with zero attached hydrogens (tertiary/aromatic N) is 3. The molecule has 0 aliphatic rings. The second-order valence-electron chi connectivity index (χ2n) is 14.1. The van der Waals surface area contributed by atoms with Gasteiger partial charge in [0.2, 0.25) is 0 Å². The molecule has 0 amide bonds. The fourth-order valence-electron chi connectivity index (χ4n) is 7.39. The van der Waals surface area contributed by atoms with Gasteiger partial charge in [-0.3, -0.25) is 9.55 Å². The van der Waals surface area contributed by atoms with Crippen LogP contribution in [0.5, 0.6) is 5.75 Å². The molecule has 0 fully saturated rings. The third kappa shape index (κ3) is 6.60. The van der Waals surface area contributed by atoms with E-state index in [0.717, 1.165) is 78.0 Å². The summed E-state index contributed by atoms with van der Waals surface area (Å²) >= 11 is 0. The van der Waals surface area contributed by atoms with Crippen LogP contribution in [-0.2, 0) is 0 Å². The fourth-order valence-corrected chi connectivity index (χ4v) is 7.39. The van der Waals surface area contributed by atoms with Gasteiger partial charge < -0.3 is 5.11 Å². The van der Waals surface area contributed by atoms with Gasteiger partial charge in [0.25, 0.3) is 0 Å². The smallest absolute Gasteiger partial charge is 0.149 e. The first kappa shape index (κ1) is 32.6. The van der Waals surface area contributed by atoms with Crippen molar-refractivity contribution >= 4 is 11.0 Å². The van der Waals surface area contributed by atoms with Crippen molar-refractivity contribution in [2.45, 2.75) is 19.7 Å². The summed E-state index contributed by atoms with van der Waals surface area (Å²) in [5.41, 5.74) is 14.3. The molecule has 0 bridgehead atoms. The van der Waals surface area contributed by atoms with Crippen LogP contribution in [0.2, 0.25) is 0 Å². The average molecular weight is 711 g/mol. The molecule has 1 N–H and O–H groups in total. The summed E-state index contributed by atoms with van der Waals surface area (Å²) in [6.45, 7) is 3.83. The van der Waals surface area contributed by atoms with Crippen LogP contribution in [0.4, 0.5) is 0 Å². The van der Waals surface area contributed by atoms with Gasteiger partial charge >= 0.3 is 0 Å². The molecule has 2 heterocycles. The molecule has 2 aromatic heterocycles. The lowest BCUT2D eigenvalue weighted by atomic mass is 9.93. The van der Waals surface area contributed by atoms with Gasteiger partial charge in [0.15, 0.2) is 0 Å². The molecule has 4 heteroatoms. The summed E-state index contributed by atoms with van der Waals surface area (Å²) < 4.78 is 11.2.